The Morgan fingerprint density at radius 1 is 1.37 bits per heavy atom. The molecule has 3 aliphatic rings. The van der Waals surface area contributed by atoms with Gasteiger partial charge in [0.05, 0.1) is 6.10 Å². The van der Waals surface area contributed by atoms with Gasteiger partial charge in [-0.2, -0.15) is 0 Å². The Morgan fingerprint density at radius 3 is 2.53 bits per heavy atom. The lowest BCUT2D eigenvalue weighted by molar-refractivity contribution is -0.417. The highest BCUT2D eigenvalue weighted by Crippen LogP contribution is 2.63. The van der Waals surface area contributed by atoms with Gasteiger partial charge in [0.15, 0.2) is 0 Å². The molecule has 4 unspecified atom stereocenters. The number of hydrogen-bond acceptors (Lipinski definition) is 3. The summed E-state index contributed by atoms with van der Waals surface area (Å²) in [4.78, 5) is 22.7. The largest absolute Gasteiger partial charge is 0.300 e. The van der Waals surface area contributed by atoms with E-state index < -0.39 is 0 Å². The van der Waals surface area contributed by atoms with Crippen molar-refractivity contribution >= 4 is 5.78 Å². The van der Waals surface area contributed by atoms with E-state index in [9.17, 15) is 4.79 Å². The number of fused-ring (bicyclic) bond motifs is 2. The van der Waals surface area contributed by atoms with Gasteiger partial charge in [-0.1, -0.05) is 20.8 Å². The minimum atomic E-state index is -0.178. The summed E-state index contributed by atoms with van der Waals surface area (Å²) in [6.07, 6.45) is 4.72. The number of ketones is 1. The average molecular weight is 268 g/mol. The second kappa shape index (κ2) is 5.17. The van der Waals surface area contributed by atoms with Gasteiger partial charge in [-0.3, -0.25) is 4.79 Å². The first-order valence-electron chi connectivity index (χ1n) is 7.63. The van der Waals surface area contributed by atoms with E-state index in [2.05, 4.69) is 20.8 Å². The van der Waals surface area contributed by atoms with Gasteiger partial charge in [0.25, 0.3) is 0 Å². The molecule has 0 heterocycles. The zero-order valence-corrected chi connectivity index (χ0v) is 13.0. The first-order valence-corrected chi connectivity index (χ1v) is 7.63. The third-order valence-corrected chi connectivity index (χ3v) is 5.54. The molecule has 0 spiro atoms. The molecule has 0 aromatic carbocycles. The third-order valence-electron chi connectivity index (χ3n) is 5.54. The molecule has 3 nitrogen and oxygen atoms in total. The van der Waals surface area contributed by atoms with Crippen molar-refractivity contribution < 1.29 is 14.6 Å². The van der Waals surface area contributed by atoms with Crippen LogP contribution in [0.3, 0.4) is 0 Å². The lowest BCUT2D eigenvalue weighted by atomic mass is 9.44. The third kappa shape index (κ3) is 2.73. The maximum atomic E-state index is 11.2. The molecule has 3 aliphatic carbocycles. The van der Waals surface area contributed by atoms with Gasteiger partial charge < -0.3 is 0 Å². The molecule has 0 aromatic heterocycles. The van der Waals surface area contributed by atoms with Gasteiger partial charge in [0.2, 0.25) is 0 Å². The topological polar surface area (TPSA) is 35.5 Å². The van der Waals surface area contributed by atoms with E-state index in [1.807, 2.05) is 6.92 Å². The molecule has 4 atom stereocenters. The number of carbonyl (C=O) groups is 1. The van der Waals surface area contributed by atoms with Crippen molar-refractivity contribution in [3.8, 4) is 0 Å². The lowest BCUT2D eigenvalue weighted by Crippen LogP contribution is -2.61. The molecule has 0 aliphatic heterocycles. The predicted octanol–water partition coefficient (Wildman–Crippen LogP) is 3.91. The summed E-state index contributed by atoms with van der Waals surface area (Å²) in [5.41, 5.74) is 0.196. The van der Waals surface area contributed by atoms with Crippen LogP contribution in [-0.2, 0) is 14.6 Å². The molecule has 0 aromatic rings. The van der Waals surface area contributed by atoms with Crippen molar-refractivity contribution in [1.29, 1.82) is 0 Å². The molecule has 3 heteroatoms. The van der Waals surface area contributed by atoms with E-state index in [0.717, 1.165) is 18.8 Å². The van der Waals surface area contributed by atoms with Gasteiger partial charge in [0, 0.05) is 6.42 Å². The SMILES string of the molecule is CCC(CC(C)=O)OOC1(C)CCC2CC1C2(C)C. The van der Waals surface area contributed by atoms with E-state index in [4.69, 9.17) is 9.78 Å². The van der Waals surface area contributed by atoms with Crippen LogP contribution < -0.4 is 0 Å². The van der Waals surface area contributed by atoms with Gasteiger partial charge >= 0.3 is 0 Å². The number of Topliss-reactive ketones (excluding diaryl/α,β-unsaturated/α-hetero) is 1. The quantitative estimate of drug-likeness (QED) is 0.541. The van der Waals surface area contributed by atoms with Gasteiger partial charge in [-0.15, -0.1) is 0 Å². The molecule has 0 saturated heterocycles. The van der Waals surface area contributed by atoms with E-state index in [-0.39, 0.29) is 17.5 Å². The molecule has 3 saturated carbocycles. The Morgan fingerprint density at radius 2 is 2.05 bits per heavy atom. The van der Waals surface area contributed by atoms with E-state index in [0.29, 0.717) is 17.8 Å². The number of hydrogen-bond donors (Lipinski definition) is 0. The van der Waals surface area contributed by atoms with Crippen LogP contribution in [0.4, 0.5) is 0 Å². The first-order chi connectivity index (χ1) is 8.79. The molecular weight excluding hydrogens is 240 g/mol. The molecule has 19 heavy (non-hydrogen) atoms. The molecule has 2 bridgehead atoms. The van der Waals surface area contributed by atoms with E-state index >= 15 is 0 Å². The van der Waals surface area contributed by atoms with E-state index in [1.54, 1.807) is 6.92 Å². The zero-order chi connectivity index (χ0) is 14.3. The van der Waals surface area contributed by atoms with Crippen LogP contribution in [0.2, 0.25) is 0 Å². The van der Waals surface area contributed by atoms with Crippen molar-refractivity contribution in [3.05, 3.63) is 0 Å². The summed E-state index contributed by atoms with van der Waals surface area (Å²) in [6.45, 7) is 10.5. The normalized spacial score (nSPS) is 37.5. The van der Waals surface area contributed by atoms with Crippen molar-refractivity contribution in [2.75, 3.05) is 0 Å². The predicted molar refractivity (Wildman–Crippen MR) is 74.6 cm³/mol. The Labute approximate surface area is 117 Å². The summed E-state index contributed by atoms with van der Waals surface area (Å²) in [7, 11) is 0. The summed E-state index contributed by atoms with van der Waals surface area (Å²) >= 11 is 0. The van der Waals surface area contributed by atoms with Crippen LogP contribution in [0.1, 0.15) is 66.7 Å². The van der Waals surface area contributed by atoms with Crippen molar-refractivity contribution in [3.63, 3.8) is 0 Å². The zero-order valence-electron chi connectivity index (χ0n) is 13.0. The highest BCUT2D eigenvalue weighted by atomic mass is 17.2. The second-order valence-electron chi connectivity index (χ2n) is 7.27. The van der Waals surface area contributed by atoms with Crippen LogP contribution in [0.25, 0.3) is 0 Å². The summed E-state index contributed by atoms with van der Waals surface area (Å²) in [6, 6.07) is 0. The molecule has 0 N–H and O–H groups in total. The fourth-order valence-electron chi connectivity index (χ4n) is 4.02. The van der Waals surface area contributed by atoms with Crippen LogP contribution >= 0.6 is 0 Å². The number of rotatable bonds is 6. The molecule has 3 fully saturated rings. The van der Waals surface area contributed by atoms with Crippen LogP contribution in [0.5, 0.6) is 0 Å². The van der Waals surface area contributed by atoms with Gasteiger partial charge in [-0.25, -0.2) is 9.78 Å². The maximum absolute atomic E-state index is 11.2. The van der Waals surface area contributed by atoms with Gasteiger partial charge in [-0.05, 0) is 56.8 Å². The monoisotopic (exact) mass is 268 g/mol. The summed E-state index contributed by atoms with van der Waals surface area (Å²) < 4.78 is 0. The summed E-state index contributed by atoms with van der Waals surface area (Å²) in [5, 5.41) is 0. The standard InChI is InChI=1S/C16H28O3/c1-6-13(9-11(2)17)18-19-16(5)8-7-12-10-14(16)15(12,3)4/h12-14H,6-10H2,1-5H3. The highest BCUT2D eigenvalue weighted by Gasteiger charge is 2.60. The fraction of sp³-hybridized carbons (Fsp3) is 0.938. The lowest BCUT2D eigenvalue weighted by Gasteiger charge is -2.63. The van der Waals surface area contributed by atoms with Crippen molar-refractivity contribution in [2.24, 2.45) is 17.3 Å². The van der Waals surface area contributed by atoms with Crippen molar-refractivity contribution in [1.82, 2.24) is 0 Å². The van der Waals surface area contributed by atoms with Crippen LogP contribution in [-0.4, -0.2) is 17.5 Å². The Kier molecular flexibility index (Phi) is 4.08. The smallest absolute Gasteiger partial charge is 0.132 e. The van der Waals surface area contributed by atoms with Crippen LogP contribution in [0.15, 0.2) is 0 Å². The minimum Gasteiger partial charge on any atom is -0.300 e. The average Bonchev–Trinajstić information content (AvgIpc) is 2.33. The Bertz CT molecular complexity index is 348. The Balaban J connectivity index is 1.92. The molecular formula is C16H28O3. The number of carbonyl (C=O) groups excluding carboxylic acids is 1. The molecule has 110 valence electrons. The second-order valence-corrected chi connectivity index (χ2v) is 7.27. The molecule has 3 rings (SSSR count). The molecule has 0 amide bonds. The highest BCUT2D eigenvalue weighted by molar-refractivity contribution is 5.75. The summed E-state index contributed by atoms with van der Waals surface area (Å²) in [5.74, 6) is 1.59. The van der Waals surface area contributed by atoms with Gasteiger partial charge in [0.1, 0.15) is 11.4 Å². The maximum Gasteiger partial charge on any atom is 0.132 e. The minimum absolute atomic E-state index is 0.102. The molecule has 0 radical (unpaired) electrons. The fourth-order valence-corrected chi connectivity index (χ4v) is 4.02. The van der Waals surface area contributed by atoms with Crippen LogP contribution in [0, 0.1) is 17.3 Å². The Hall–Kier alpha value is -0.410. The van der Waals surface area contributed by atoms with E-state index in [1.165, 1.54) is 12.8 Å². The van der Waals surface area contributed by atoms with Crippen molar-refractivity contribution in [2.45, 2.75) is 78.4 Å². The first kappa shape index (κ1) is 15.0.